The molecule has 21 heavy (non-hydrogen) atoms. The molecule has 0 spiro atoms. The van der Waals surface area contributed by atoms with Crippen molar-refractivity contribution in [3.63, 3.8) is 0 Å². The van der Waals surface area contributed by atoms with Crippen LogP contribution in [0.1, 0.15) is 17.3 Å². The summed E-state index contributed by atoms with van der Waals surface area (Å²) < 4.78 is 0. The number of benzene rings is 1. The minimum Gasteiger partial charge on any atom is -0.481 e. The Bertz CT molecular complexity index is 570. The number of carboxylic acids is 1. The van der Waals surface area contributed by atoms with Gasteiger partial charge in [0.15, 0.2) is 0 Å². The Hall–Kier alpha value is -2.57. The fraction of sp³-hybridized carbons (Fsp3) is 0.357. The number of rotatable bonds is 3. The largest absolute Gasteiger partial charge is 0.481 e. The second-order valence-electron chi connectivity index (χ2n) is 5.20. The molecule has 2 unspecified atom stereocenters. The number of hydrogen-bond acceptors (Lipinski definition) is 3. The van der Waals surface area contributed by atoms with Crippen LogP contribution in [0.25, 0.3) is 0 Å². The normalized spacial score (nSPS) is 21.1. The van der Waals surface area contributed by atoms with E-state index in [2.05, 4.69) is 5.32 Å². The highest BCUT2D eigenvalue weighted by Crippen LogP contribution is 2.25. The Kier molecular flexibility index (Phi) is 4.11. The lowest BCUT2D eigenvalue weighted by Crippen LogP contribution is -2.29. The maximum Gasteiger partial charge on any atom is 0.316 e. The van der Waals surface area contributed by atoms with Crippen LogP contribution in [0.3, 0.4) is 0 Å². The Balaban J connectivity index is 2.07. The van der Waals surface area contributed by atoms with E-state index in [4.69, 9.17) is 10.8 Å². The van der Waals surface area contributed by atoms with E-state index in [0.717, 1.165) is 0 Å². The van der Waals surface area contributed by atoms with E-state index in [1.807, 2.05) is 6.92 Å². The summed E-state index contributed by atoms with van der Waals surface area (Å²) in [5, 5.41) is 11.5. The Morgan fingerprint density at radius 3 is 2.33 bits per heavy atom. The fourth-order valence-electron chi connectivity index (χ4n) is 2.48. The molecule has 0 aromatic heterocycles. The van der Waals surface area contributed by atoms with E-state index in [1.54, 1.807) is 29.2 Å². The van der Waals surface area contributed by atoms with Crippen molar-refractivity contribution in [3.05, 3.63) is 29.8 Å². The molecule has 7 heteroatoms. The van der Waals surface area contributed by atoms with Crippen LogP contribution in [0.2, 0.25) is 0 Å². The van der Waals surface area contributed by atoms with E-state index >= 15 is 0 Å². The van der Waals surface area contributed by atoms with E-state index in [-0.39, 0.29) is 18.4 Å². The molecule has 112 valence electrons. The molecule has 1 heterocycles. The average Bonchev–Trinajstić information content (AvgIpc) is 2.80. The third-order valence-electron chi connectivity index (χ3n) is 3.62. The van der Waals surface area contributed by atoms with Crippen LogP contribution in [0, 0.1) is 11.8 Å². The maximum atomic E-state index is 12.3. The number of nitrogens with one attached hydrogen (secondary N) is 1. The smallest absolute Gasteiger partial charge is 0.316 e. The second-order valence-corrected chi connectivity index (χ2v) is 5.20. The lowest BCUT2D eigenvalue weighted by atomic mass is 9.99. The summed E-state index contributed by atoms with van der Waals surface area (Å²) in [6.45, 7) is 2.47. The van der Waals surface area contributed by atoms with Crippen molar-refractivity contribution in [2.24, 2.45) is 17.6 Å². The van der Waals surface area contributed by atoms with Gasteiger partial charge in [-0.25, -0.2) is 4.79 Å². The molecular formula is C14H17N3O4. The lowest BCUT2D eigenvalue weighted by Gasteiger charge is -2.16. The first-order valence-corrected chi connectivity index (χ1v) is 6.57. The molecule has 1 aliphatic heterocycles. The number of hydrogen-bond donors (Lipinski definition) is 3. The Labute approximate surface area is 121 Å². The minimum atomic E-state index is -0.876. The van der Waals surface area contributed by atoms with Crippen molar-refractivity contribution < 1.29 is 19.5 Å². The van der Waals surface area contributed by atoms with Gasteiger partial charge in [0.1, 0.15) is 0 Å². The number of likely N-dealkylation sites (tertiary alicyclic amines) is 1. The minimum absolute atomic E-state index is 0.0674. The van der Waals surface area contributed by atoms with Gasteiger partial charge in [0, 0.05) is 24.3 Å². The van der Waals surface area contributed by atoms with E-state index in [9.17, 15) is 14.4 Å². The van der Waals surface area contributed by atoms with Gasteiger partial charge in [-0.1, -0.05) is 6.92 Å². The molecule has 2 rings (SSSR count). The van der Waals surface area contributed by atoms with Crippen molar-refractivity contribution in [2.75, 3.05) is 18.4 Å². The van der Waals surface area contributed by atoms with Crippen LogP contribution in [-0.2, 0) is 4.79 Å². The standard InChI is InChI=1S/C14H17N3O4/c1-8-6-17(7-11(8)13(19)20)12(18)9-2-4-10(5-3-9)16-14(15)21/h2-5,8,11H,6-7H2,1H3,(H,19,20)(H3,15,16,21). The van der Waals surface area contributed by atoms with Crippen LogP contribution < -0.4 is 11.1 Å². The summed E-state index contributed by atoms with van der Waals surface area (Å²) >= 11 is 0. The fourth-order valence-corrected chi connectivity index (χ4v) is 2.48. The number of nitrogens with zero attached hydrogens (tertiary/aromatic N) is 1. The van der Waals surface area contributed by atoms with E-state index < -0.39 is 17.9 Å². The van der Waals surface area contributed by atoms with Gasteiger partial charge >= 0.3 is 12.0 Å². The van der Waals surface area contributed by atoms with Gasteiger partial charge < -0.3 is 21.1 Å². The van der Waals surface area contributed by atoms with Crippen molar-refractivity contribution in [3.8, 4) is 0 Å². The summed E-state index contributed by atoms with van der Waals surface area (Å²) in [6, 6.07) is 5.63. The number of carbonyl (C=O) groups is 3. The first kappa shape index (κ1) is 14.8. The quantitative estimate of drug-likeness (QED) is 0.770. The lowest BCUT2D eigenvalue weighted by molar-refractivity contribution is -0.142. The third kappa shape index (κ3) is 3.31. The summed E-state index contributed by atoms with van der Waals surface area (Å²) in [7, 11) is 0. The SMILES string of the molecule is CC1CN(C(=O)c2ccc(NC(N)=O)cc2)CC1C(=O)O. The number of primary amides is 1. The van der Waals surface area contributed by atoms with Crippen LogP contribution in [0.15, 0.2) is 24.3 Å². The summed E-state index contributed by atoms with van der Waals surface area (Å²) in [5.41, 5.74) is 5.94. The summed E-state index contributed by atoms with van der Waals surface area (Å²) in [6.07, 6.45) is 0. The molecule has 1 aliphatic rings. The molecule has 1 aromatic rings. The number of urea groups is 1. The highest BCUT2D eigenvalue weighted by molar-refractivity contribution is 5.96. The molecule has 7 nitrogen and oxygen atoms in total. The number of carboxylic acid groups (broad SMARTS) is 1. The molecule has 1 fully saturated rings. The molecule has 4 N–H and O–H groups in total. The number of nitrogens with two attached hydrogens (primary N) is 1. The molecule has 0 bridgehead atoms. The molecule has 1 saturated heterocycles. The molecule has 0 saturated carbocycles. The third-order valence-corrected chi connectivity index (χ3v) is 3.62. The molecule has 0 aliphatic carbocycles. The van der Waals surface area contributed by atoms with Crippen molar-refractivity contribution >= 4 is 23.6 Å². The van der Waals surface area contributed by atoms with Gasteiger partial charge in [0.05, 0.1) is 5.92 Å². The predicted octanol–water partition coefficient (Wildman–Crippen LogP) is 0.970. The maximum absolute atomic E-state index is 12.3. The van der Waals surface area contributed by atoms with Crippen LogP contribution in [0.4, 0.5) is 10.5 Å². The number of carbonyl (C=O) groups excluding carboxylic acids is 2. The van der Waals surface area contributed by atoms with Gasteiger partial charge in [-0.2, -0.15) is 0 Å². The molecule has 3 amide bonds. The van der Waals surface area contributed by atoms with Gasteiger partial charge in [0.2, 0.25) is 0 Å². The van der Waals surface area contributed by atoms with E-state index in [1.165, 1.54) is 0 Å². The molecule has 0 radical (unpaired) electrons. The number of amides is 3. The zero-order valence-electron chi connectivity index (χ0n) is 11.6. The van der Waals surface area contributed by atoms with Gasteiger partial charge in [-0.05, 0) is 30.2 Å². The Morgan fingerprint density at radius 2 is 1.86 bits per heavy atom. The van der Waals surface area contributed by atoms with E-state index in [0.29, 0.717) is 17.8 Å². The van der Waals surface area contributed by atoms with Crippen molar-refractivity contribution in [2.45, 2.75) is 6.92 Å². The first-order valence-electron chi connectivity index (χ1n) is 6.57. The number of anilines is 1. The van der Waals surface area contributed by atoms with Gasteiger partial charge in [-0.15, -0.1) is 0 Å². The van der Waals surface area contributed by atoms with Gasteiger partial charge in [-0.3, -0.25) is 9.59 Å². The zero-order chi connectivity index (χ0) is 15.6. The highest BCUT2D eigenvalue weighted by Gasteiger charge is 2.37. The Morgan fingerprint density at radius 1 is 1.24 bits per heavy atom. The van der Waals surface area contributed by atoms with Crippen LogP contribution in [0.5, 0.6) is 0 Å². The monoisotopic (exact) mass is 291 g/mol. The molecular weight excluding hydrogens is 274 g/mol. The van der Waals surface area contributed by atoms with Crippen molar-refractivity contribution in [1.29, 1.82) is 0 Å². The summed E-state index contributed by atoms with van der Waals surface area (Å²) in [4.78, 5) is 35.6. The second kappa shape index (κ2) is 5.82. The molecule has 1 aromatic carbocycles. The zero-order valence-corrected chi connectivity index (χ0v) is 11.6. The topological polar surface area (TPSA) is 113 Å². The number of aliphatic carboxylic acids is 1. The first-order chi connectivity index (χ1) is 9.88. The average molecular weight is 291 g/mol. The van der Waals surface area contributed by atoms with Crippen LogP contribution >= 0.6 is 0 Å². The van der Waals surface area contributed by atoms with Crippen molar-refractivity contribution in [1.82, 2.24) is 4.90 Å². The van der Waals surface area contributed by atoms with Crippen LogP contribution in [-0.4, -0.2) is 41.0 Å². The highest BCUT2D eigenvalue weighted by atomic mass is 16.4. The predicted molar refractivity (Wildman–Crippen MR) is 75.8 cm³/mol. The summed E-state index contributed by atoms with van der Waals surface area (Å²) in [5.74, 6) is -1.68. The molecule has 2 atom stereocenters. The van der Waals surface area contributed by atoms with Gasteiger partial charge in [0.25, 0.3) is 5.91 Å².